The maximum Gasteiger partial charge on any atom is 0.407 e. The van der Waals surface area contributed by atoms with Crippen molar-refractivity contribution in [2.45, 2.75) is 24.8 Å². The third-order valence-corrected chi connectivity index (χ3v) is 5.73. The minimum Gasteiger partial charge on any atom is -0.480 e. The number of aliphatic carboxylic acids is 1. The average molecular weight is 445 g/mol. The molecule has 0 spiro atoms. The predicted octanol–water partition coefficient (Wildman–Crippen LogP) is 3.11. The van der Waals surface area contributed by atoms with E-state index < -0.39 is 24.0 Å². The summed E-state index contributed by atoms with van der Waals surface area (Å²) < 4.78 is 5.44. The van der Waals surface area contributed by atoms with E-state index in [9.17, 15) is 19.5 Å². The third-order valence-electron chi connectivity index (χ3n) is 5.73. The number of rotatable bonds is 8. The molecule has 168 valence electrons. The number of ether oxygens (including phenoxy) is 1. The van der Waals surface area contributed by atoms with Crippen molar-refractivity contribution in [3.05, 3.63) is 89.2 Å². The summed E-state index contributed by atoms with van der Waals surface area (Å²) in [5, 5.41) is 11.9. The van der Waals surface area contributed by atoms with Gasteiger partial charge in [-0.25, -0.2) is 9.59 Å². The van der Waals surface area contributed by atoms with Crippen LogP contribution in [0.3, 0.4) is 0 Å². The molecule has 8 heteroatoms. The lowest BCUT2D eigenvalue weighted by molar-refractivity contribution is -0.139. The molecule has 3 aromatic rings. The van der Waals surface area contributed by atoms with Gasteiger partial charge in [0.25, 0.3) is 5.91 Å². The Morgan fingerprint density at radius 1 is 1.00 bits per heavy atom. The lowest BCUT2D eigenvalue weighted by Gasteiger charge is -2.17. The highest BCUT2D eigenvalue weighted by Gasteiger charge is 2.29. The van der Waals surface area contributed by atoms with Crippen molar-refractivity contribution in [1.82, 2.24) is 10.3 Å². The number of nitrogens with one attached hydrogen (secondary N) is 1. The summed E-state index contributed by atoms with van der Waals surface area (Å²) in [5.41, 5.74) is 10.4. The first kappa shape index (κ1) is 22.0. The molecular formula is C25H23N3O5. The fraction of sp³-hybridized carbons (Fsp3) is 0.200. The number of aryl methyl sites for hydroxylation is 1. The Kier molecular flexibility index (Phi) is 6.35. The number of pyridine rings is 1. The number of fused-ring (bicyclic) bond motifs is 3. The molecule has 0 saturated heterocycles. The van der Waals surface area contributed by atoms with Crippen LogP contribution >= 0.6 is 0 Å². The number of carboxylic acids is 1. The molecule has 4 rings (SSSR count). The van der Waals surface area contributed by atoms with Gasteiger partial charge in [0.05, 0.1) is 0 Å². The van der Waals surface area contributed by atoms with Gasteiger partial charge in [0.15, 0.2) is 0 Å². The number of carbonyl (C=O) groups is 3. The number of benzene rings is 2. The van der Waals surface area contributed by atoms with E-state index in [1.807, 2.05) is 48.5 Å². The number of carbonyl (C=O) groups excluding carboxylic acids is 2. The van der Waals surface area contributed by atoms with Gasteiger partial charge < -0.3 is 20.9 Å². The number of nitrogens with two attached hydrogens (primary N) is 1. The van der Waals surface area contributed by atoms with Gasteiger partial charge in [-0.1, -0.05) is 54.6 Å². The van der Waals surface area contributed by atoms with E-state index in [1.54, 1.807) is 6.07 Å². The van der Waals surface area contributed by atoms with Gasteiger partial charge in [-0.15, -0.1) is 0 Å². The molecule has 8 nitrogen and oxygen atoms in total. The maximum absolute atomic E-state index is 12.4. The summed E-state index contributed by atoms with van der Waals surface area (Å²) >= 11 is 0. The van der Waals surface area contributed by atoms with Gasteiger partial charge in [0, 0.05) is 12.1 Å². The number of primary amides is 1. The number of amides is 2. The molecule has 33 heavy (non-hydrogen) atoms. The highest BCUT2D eigenvalue weighted by Crippen LogP contribution is 2.44. The van der Waals surface area contributed by atoms with E-state index in [-0.39, 0.29) is 24.6 Å². The monoisotopic (exact) mass is 445 g/mol. The van der Waals surface area contributed by atoms with Gasteiger partial charge in [-0.2, -0.15) is 0 Å². The first-order chi connectivity index (χ1) is 15.9. The zero-order valence-corrected chi connectivity index (χ0v) is 17.7. The molecule has 1 aromatic heterocycles. The minimum atomic E-state index is -1.16. The van der Waals surface area contributed by atoms with E-state index in [4.69, 9.17) is 10.5 Å². The standard InChI is InChI=1S/C25H23N3O5/c26-23(29)21-11-9-15(13-27-21)10-12-22(24(30)31)28-25(32)33-14-20-18-7-3-1-5-16(18)17-6-2-4-8-19(17)20/h1-9,11,13,20,22H,10,12,14H2,(H2,26,29)(H,28,32)(H,30,31)/t22-/m0/s1. The van der Waals surface area contributed by atoms with Crippen LogP contribution in [0.5, 0.6) is 0 Å². The quantitative estimate of drug-likeness (QED) is 0.488. The van der Waals surface area contributed by atoms with Crippen molar-refractivity contribution in [1.29, 1.82) is 0 Å². The van der Waals surface area contributed by atoms with Crippen LogP contribution in [0.2, 0.25) is 0 Å². The summed E-state index contributed by atoms with van der Waals surface area (Å²) in [7, 11) is 0. The van der Waals surface area contributed by atoms with Crippen LogP contribution in [-0.4, -0.2) is 40.7 Å². The molecule has 4 N–H and O–H groups in total. The van der Waals surface area contributed by atoms with Crippen molar-refractivity contribution >= 4 is 18.0 Å². The summed E-state index contributed by atoms with van der Waals surface area (Å²) in [4.78, 5) is 39.1. The molecule has 1 aliphatic carbocycles. The Morgan fingerprint density at radius 3 is 2.18 bits per heavy atom. The molecule has 0 unspecified atom stereocenters. The molecule has 1 heterocycles. The molecule has 0 fully saturated rings. The second kappa shape index (κ2) is 9.52. The van der Waals surface area contributed by atoms with Gasteiger partial charge in [-0.05, 0) is 46.7 Å². The van der Waals surface area contributed by atoms with Crippen molar-refractivity contribution < 1.29 is 24.2 Å². The second-order valence-corrected chi connectivity index (χ2v) is 7.82. The summed E-state index contributed by atoms with van der Waals surface area (Å²) in [6.45, 7) is 0.102. The average Bonchev–Trinajstić information content (AvgIpc) is 3.14. The number of alkyl carbamates (subject to hydrolysis) is 1. The van der Waals surface area contributed by atoms with Crippen LogP contribution in [0.15, 0.2) is 66.9 Å². The molecule has 1 atom stereocenters. The van der Waals surface area contributed by atoms with Crippen molar-refractivity contribution in [2.75, 3.05) is 6.61 Å². The van der Waals surface area contributed by atoms with E-state index in [1.165, 1.54) is 12.3 Å². The summed E-state index contributed by atoms with van der Waals surface area (Å²) in [5.74, 6) is -1.91. The van der Waals surface area contributed by atoms with E-state index in [2.05, 4.69) is 10.3 Å². The molecule has 0 saturated carbocycles. The molecule has 2 amide bonds. The molecule has 1 aliphatic rings. The number of carboxylic acid groups (broad SMARTS) is 1. The van der Waals surface area contributed by atoms with Crippen LogP contribution in [0.1, 0.15) is 39.5 Å². The highest BCUT2D eigenvalue weighted by atomic mass is 16.5. The molecule has 0 radical (unpaired) electrons. The van der Waals surface area contributed by atoms with E-state index >= 15 is 0 Å². The van der Waals surface area contributed by atoms with E-state index in [0.717, 1.165) is 27.8 Å². The SMILES string of the molecule is NC(=O)c1ccc(CC[C@H](NC(=O)OCC2c3ccccc3-c3ccccc32)C(=O)O)cn1. The Balaban J connectivity index is 1.36. The second-order valence-electron chi connectivity index (χ2n) is 7.82. The first-order valence-electron chi connectivity index (χ1n) is 10.5. The maximum atomic E-state index is 12.4. The number of hydrogen-bond acceptors (Lipinski definition) is 5. The fourth-order valence-corrected chi connectivity index (χ4v) is 4.07. The molecule has 2 aromatic carbocycles. The predicted molar refractivity (Wildman–Crippen MR) is 121 cm³/mol. The zero-order chi connectivity index (χ0) is 23.4. The largest absolute Gasteiger partial charge is 0.480 e. The van der Waals surface area contributed by atoms with Crippen LogP contribution in [0, 0.1) is 0 Å². The number of nitrogens with zero attached hydrogens (tertiary/aromatic N) is 1. The lowest BCUT2D eigenvalue weighted by atomic mass is 9.98. The van der Waals surface area contributed by atoms with Crippen molar-refractivity contribution in [3.8, 4) is 11.1 Å². The van der Waals surface area contributed by atoms with Crippen LogP contribution in [0.25, 0.3) is 11.1 Å². The molecular weight excluding hydrogens is 422 g/mol. The topological polar surface area (TPSA) is 132 Å². The number of aromatic nitrogens is 1. The highest BCUT2D eigenvalue weighted by molar-refractivity contribution is 5.90. The van der Waals surface area contributed by atoms with Crippen LogP contribution in [-0.2, 0) is 16.0 Å². The van der Waals surface area contributed by atoms with Gasteiger partial charge in [-0.3, -0.25) is 9.78 Å². The summed E-state index contributed by atoms with van der Waals surface area (Å²) in [6, 6.07) is 17.9. The van der Waals surface area contributed by atoms with Crippen molar-refractivity contribution in [2.24, 2.45) is 5.73 Å². The minimum absolute atomic E-state index is 0.102. The van der Waals surface area contributed by atoms with Gasteiger partial charge in [0.1, 0.15) is 18.3 Å². The van der Waals surface area contributed by atoms with Gasteiger partial charge >= 0.3 is 12.1 Å². The van der Waals surface area contributed by atoms with E-state index in [0.29, 0.717) is 6.42 Å². The molecule has 0 aliphatic heterocycles. The molecule has 0 bridgehead atoms. The first-order valence-corrected chi connectivity index (χ1v) is 10.5. The normalized spacial score (nSPS) is 13.0. The third kappa shape index (κ3) is 4.85. The zero-order valence-electron chi connectivity index (χ0n) is 17.7. The fourth-order valence-electron chi connectivity index (χ4n) is 4.07. The Morgan fingerprint density at radius 2 is 1.64 bits per heavy atom. The Bertz CT molecular complexity index is 1150. The lowest BCUT2D eigenvalue weighted by Crippen LogP contribution is -2.41. The smallest absolute Gasteiger partial charge is 0.407 e. The van der Waals surface area contributed by atoms with Crippen LogP contribution in [0.4, 0.5) is 4.79 Å². The van der Waals surface area contributed by atoms with Gasteiger partial charge in [0.2, 0.25) is 0 Å². The van der Waals surface area contributed by atoms with Crippen molar-refractivity contribution in [3.63, 3.8) is 0 Å². The Labute approximate surface area is 190 Å². The Hall–Kier alpha value is -4.20. The summed E-state index contributed by atoms with van der Waals surface area (Å²) in [6.07, 6.45) is 1.15. The number of hydrogen-bond donors (Lipinski definition) is 3. The van der Waals surface area contributed by atoms with Crippen LogP contribution < -0.4 is 11.1 Å².